The van der Waals surface area contributed by atoms with Gasteiger partial charge in [0.15, 0.2) is 0 Å². The van der Waals surface area contributed by atoms with Gasteiger partial charge >= 0.3 is 0 Å². The second-order valence-electron chi connectivity index (χ2n) is 7.80. The molecule has 0 aliphatic heterocycles. The Morgan fingerprint density at radius 2 is 1.97 bits per heavy atom. The smallest absolute Gasteiger partial charge is 0.267 e. The van der Waals surface area contributed by atoms with Gasteiger partial charge in [0.2, 0.25) is 0 Å². The second-order valence-corrected chi connectivity index (χ2v) is 7.80. The van der Waals surface area contributed by atoms with Crippen LogP contribution in [0.4, 0.5) is 5.69 Å². The van der Waals surface area contributed by atoms with Crippen molar-refractivity contribution in [2.75, 3.05) is 12.8 Å². The van der Waals surface area contributed by atoms with Gasteiger partial charge in [-0.2, -0.15) is 0 Å². The van der Waals surface area contributed by atoms with Crippen molar-refractivity contribution in [3.05, 3.63) is 58.8 Å². The summed E-state index contributed by atoms with van der Waals surface area (Å²) in [5.41, 5.74) is 14.3. The maximum absolute atomic E-state index is 12.1. The topological polar surface area (TPSA) is 108 Å². The first-order valence-corrected chi connectivity index (χ1v) is 10.2. The number of nitrogens with zero attached hydrogens (tertiary/aromatic N) is 1. The summed E-state index contributed by atoms with van der Waals surface area (Å²) in [5, 5.41) is 12.5. The number of nitrogens with two attached hydrogens (primary N) is 1. The molecule has 0 spiro atoms. The molecule has 0 fully saturated rings. The van der Waals surface area contributed by atoms with Crippen molar-refractivity contribution in [2.45, 2.75) is 25.7 Å². The molecule has 0 bridgehead atoms. The lowest BCUT2D eigenvalue weighted by Crippen LogP contribution is -2.17. The summed E-state index contributed by atoms with van der Waals surface area (Å²) in [6.07, 6.45) is 5.53. The number of nitrogen functional groups attached to an aromatic ring is 1. The van der Waals surface area contributed by atoms with Crippen LogP contribution in [0.15, 0.2) is 36.4 Å². The number of hydrogen-bond donors (Lipinski definition) is 4. The SMILES string of the molecule is CNC(=O)c1cc2c(ccc3nc(-c4ccc(N)c(C=N)c4)c4c(c32)CCCC4)[nH]1. The standard InChI is InChI=1S/C24H23N5O/c1-27-24(30)21-11-17-19(28-21)8-9-20-22(17)15-4-2-3-5-16(15)23(29-20)13-6-7-18(26)14(10-13)12-25/h6-12,25,28H,2-5,26H2,1H3,(H,27,30). The van der Waals surface area contributed by atoms with Crippen molar-refractivity contribution in [3.8, 4) is 11.3 Å². The highest BCUT2D eigenvalue weighted by atomic mass is 16.1. The second kappa shape index (κ2) is 6.99. The first-order valence-electron chi connectivity index (χ1n) is 10.2. The Morgan fingerprint density at radius 3 is 2.73 bits per heavy atom. The van der Waals surface area contributed by atoms with Crippen LogP contribution < -0.4 is 11.1 Å². The monoisotopic (exact) mass is 397 g/mol. The van der Waals surface area contributed by atoms with Crippen LogP contribution in [-0.4, -0.2) is 29.1 Å². The Balaban J connectivity index is 1.82. The van der Waals surface area contributed by atoms with Gasteiger partial charge < -0.3 is 21.4 Å². The Morgan fingerprint density at radius 1 is 1.17 bits per heavy atom. The van der Waals surface area contributed by atoms with Gasteiger partial charge in [-0.15, -0.1) is 0 Å². The minimum absolute atomic E-state index is 0.126. The average molecular weight is 397 g/mol. The molecule has 0 saturated carbocycles. The molecule has 0 atom stereocenters. The lowest BCUT2D eigenvalue weighted by molar-refractivity contribution is 0.0959. The van der Waals surface area contributed by atoms with Gasteiger partial charge in [0.25, 0.3) is 5.91 Å². The lowest BCUT2D eigenvalue weighted by atomic mass is 9.85. The number of fused-ring (bicyclic) bond motifs is 5. The summed E-state index contributed by atoms with van der Waals surface area (Å²) in [5.74, 6) is -0.126. The van der Waals surface area contributed by atoms with Crippen LogP contribution in [0.3, 0.4) is 0 Å². The van der Waals surface area contributed by atoms with Crippen molar-refractivity contribution in [1.82, 2.24) is 15.3 Å². The molecule has 2 aromatic heterocycles. The number of aromatic nitrogens is 2. The maximum atomic E-state index is 12.1. The molecule has 6 nitrogen and oxygen atoms in total. The molecule has 0 saturated heterocycles. The summed E-state index contributed by atoms with van der Waals surface area (Å²) in [6.45, 7) is 0. The molecule has 1 amide bonds. The van der Waals surface area contributed by atoms with Gasteiger partial charge in [0.1, 0.15) is 5.69 Å². The highest BCUT2D eigenvalue weighted by molar-refractivity contribution is 6.11. The van der Waals surface area contributed by atoms with Gasteiger partial charge in [-0.25, -0.2) is 4.98 Å². The van der Waals surface area contributed by atoms with Crippen molar-refractivity contribution in [2.24, 2.45) is 0 Å². The number of hydrogen-bond acceptors (Lipinski definition) is 4. The Hall–Kier alpha value is -3.67. The Kier molecular flexibility index (Phi) is 4.28. The summed E-state index contributed by atoms with van der Waals surface area (Å²) in [7, 11) is 1.64. The van der Waals surface area contributed by atoms with Gasteiger partial charge in [-0.1, -0.05) is 6.07 Å². The van der Waals surface area contributed by atoms with E-state index in [2.05, 4.69) is 10.3 Å². The number of carbonyl (C=O) groups excluding carboxylic acids is 1. The quantitative estimate of drug-likeness (QED) is 0.307. The summed E-state index contributed by atoms with van der Waals surface area (Å²) >= 11 is 0. The number of benzene rings is 2. The fourth-order valence-corrected chi connectivity index (χ4v) is 4.58. The minimum atomic E-state index is -0.126. The maximum Gasteiger partial charge on any atom is 0.267 e. The third kappa shape index (κ3) is 2.76. The van der Waals surface area contributed by atoms with E-state index in [0.717, 1.165) is 58.7 Å². The summed E-state index contributed by atoms with van der Waals surface area (Å²) in [4.78, 5) is 20.4. The van der Waals surface area contributed by atoms with Gasteiger partial charge in [-0.05, 0) is 67.1 Å². The fraction of sp³-hybridized carbons (Fsp3) is 0.208. The third-order valence-corrected chi connectivity index (χ3v) is 6.06. The molecule has 4 aromatic rings. The molecular weight excluding hydrogens is 374 g/mol. The Labute approximate surface area is 174 Å². The molecule has 5 rings (SSSR count). The molecule has 1 aliphatic rings. The molecule has 2 aromatic carbocycles. The highest BCUT2D eigenvalue weighted by Gasteiger charge is 2.22. The first-order chi connectivity index (χ1) is 14.6. The van der Waals surface area contributed by atoms with Crippen molar-refractivity contribution in [3.63, 3.8) is 0 Å². The molecule has 5 N–H and O–H groups in total. The molecule has 0 radical (unpaired) electrons. The number of nitrogens with one attached hydrogen (secondary N) is 3. The zero-order valence-corrected chi connectivity index (χ0v) is 16.8. The number of anilines is 1. The summed E-state index contributed by atoms with van der Waals surface area (Å²) in [6, 6.07) is 11.7. The highest BCUT2D eigenvalue weighted by Crippen LogP contribution is 2.38. The van der Waals surface area contributed by atoms with E-state index in [0.29, 0.717) is 16.9 Å². The predicted molar refractivity (Wildman–Crippen MR) is 121 cm³/mol. The number of pyridine rings is 1. The zero-order chi connectivity index (χ0) is 20.8. The van der Waals surface area contributed by atoms with E-state index in [9.17, 15) is 4.79 Å². The number of aromatic amines is 1. The van der Waals surface area contributed by atoms with E-state index in [1.165, 1.54) is 17.3 Å². The number of carbonyl (C=O) groups is 1. The van der Waals surface area contributed by atoms with E-state index >= 15 is 0 Å². The molecule has 6 heteroatoms. The molecule has 0 unspecified atom stereocenters. The van der Waals surface area contributed by atoms with E-state index < -0.39 is 0 Å². The van der Waals surface area contributed by atoms with Crippen LogP contribution in [0, 0.1) is 5.41 Å². The first kappa shape index (κ1) is 18.4. The van der Waals surface area contributed by atoms with E-state index in [4.69, 9.17) is 16.1 Å². The number of amides is 1. The molecule has 1 aliphatic carbocycles. The van der Waals surface area contributed by atoms with Crippen LogP contribution in [0.2, 0.25) is 0 Å². The number of H-pyrrole nitrogens is 1. The molecule has 150 valence electrons. The summed E-state index contributed by atoms with van der Waals surface area (Å²) < 4.78 is 0. The van der Waals surface area contributed by atoms with Crippen molar-refractivity contribution in [1.29, 1.82) is 5.41 Å². The largest absolute Gasteiger partial charge is 0.398 e. The van der Waals surface area contributed by atoms with Crippen molar-refractivity contribution >= 4 is 39.6 Å². The number of aryl methyl sites for hydroxylation is 1. The van der Waals surface area contributed by atoms with Crippen LogP contribution >= 0.6 is 0 Å². The number of rotatable bonds is 3. The van der Waals surface area contributed by atoms with E-state index in [-0.39, 0.29) is 5.91 Å². The van der Waals surface area contributed by atoms with Crippen LogP contribution in [0.1, 0.15) is 40.0 Å². The average Bonchev–Trinajstić information content (AvgIpc) is 3.22. The van der Waals surface area contributed by atoms with Crippen LogP contribution in [-0.2, 0) is 12.8 Å². The zero-order valence-electron chi connectivity index (χ0n) is 16.8. The fourth-order valence-electron chi connectivity index (χ4n) is 4.58. The van der Waals surface area contributed by atoms with Crippen molar-refractivity contribution < 1.29 is 4.79 Å². The third-order valence-electron chi connectivity index (χ3n) is 6.06. The molecule has 2 heterocycles. The molecule has 30 heavy (non-hydrogen) atoms. The lowest BCUT2D eigenvalue weighted by Gasteiger charge is -2.22. The van der Waals surface area contributed by atoms with Gasteiger partial charge in [-0.3, -0.25) is 4.79 Å². The predicted octanol–water partition coefficient (Wildman–Crippen LogP) is 4.20. The van der Waals surface area contributed by atoms with Gasteiger partial charge in [0, 0.05) is 46.4 Å². The van der Waals surface area contributed by atoms with Crippen LogP contribution in [0.5, 0.6) is 0 Å². The molecular formula is C24H23N5O. The van der Waals surface area contributed by atoms with Crippen LogP contribution in [0.25, 0.3) is 33.1 Å². The van der Waals surface area contributed by atoms with Gasteiger partial charge in [0.05, 0.1) is 11.2 Å². The van der Waals surface area contributed by atoms with E-state index in [1.807, 2.05) is 36.4 Å². The Bertz CT molecular complexity index is 1330. The normalized spacial score (nSPS) is 13.4. The minimum Gasteiger partial charge on any atom is -0.398 e. The van der Waals surface area contributed by atoms with E-state index in [1.54, 1.807) is 7.05 Å².